The molecule has 4 nitrogen and oxygen atoms in total. The Hall–Kier alpha value is -1.97. The van der Waals surface area contributed by atoms with Crippen molar-refractivity contribution in [3.63, 3.8) is 0 Å². The Morgan fingerprint density at radius 1 is 1.41 bits per heavy atom. The minimum absolute atomic E-state index is 0.367. The second-order valence-corrected chi connectivity index (χ2v) is 4.43. The van der Waals surface area contributed by atoms with Crippen molar-refractivity contribution in [2.24, 2.45) is 0 Å². The topological polar surface area (TPSA) is 64.3 Å². The molecule has 0 spiro atoms. The van der Waals surface area contributed by atoms with E-state index < -0.39 is 11.5 Å². The Kier molecular flexibility index (Phi) is 3.78. The fourth-order valence-corrected chi connectivity index (χ4v) is 1.28. The van der Waals surface area contributed by atoms with Gasteiger partial charge in [-0.2, -0.15) is 0 Å². The van der Waals surface area contributed by atoms with Crippen LogP contribution < -0.4 is 11.1 Å². The molecule has 1 aromatic rings. The number of carbonyl (C=O) groups is 1. The number of allylic oxidation sites excluding steroid dienone is 1. The third kappa shape index (κ3) is 3.52. The van der Waals surface area contributed by atoms with E-state index in [1.54, 1.807) is 26.8 Å². The summed E-state index contributed by atoms with van der Waals surface area (Å²) >= 11 is 0. The molecule has 4 heteroatoms. The summed E-state index contributed by atoms with van der Waals surface area (Å²) in [5.74, 6) is -0.0286. The molecular weight excluding hydrogens is 216 g/mol. The molecule has 0 saturated carbocycles. The number of benzene rings is 1. The van der Waals surface area contributed by atoms with Gasteiger partial charge in [-0.05, 0) is 32.9 Å². The van der Waals surface area contributed by atoms with Crippen molar-refractivity contribution >= 4 is 17.3 Å². The summed E-state index contributed by atoms with van der Waals surface area (Å²) in [5.41, 5.74) is 6.22. The fourth-order valence-electron chi connectivity index (χ4n) is 1.28. The van der Waals surface area contributed by atoms with Crippen molar-refractivity contribution in [2.45, 2.75) is 26.3 Å². The first-order valence-corrected chi connectivity index (χ1v) is 5.33. The Morgan fingerprint density at radius 3 is 2.53 bits per heavy atom. The minimum atomic E-state index is -0.867. The number of ether oxygens (including phenoxy) is 1. The number of anilines is 2. The highest BCUT2D eigenvalue weighted by Crippen LogP contribution is 2.22. The van der Waals surface area contributed by atoms with Crippen molar-refractivity contribution in [3.05, 3.63) is 36.6 Å². The molecule has 1 rings (SSSR count). The maximum absolute atomic E-state index is 11.8. The number of nitrogens with one attached hydrogen (secondary N) is 1. The summed E-state index contributed by atoms with van der Waals surface area (Å²) < 4.78 is 4.99. The van der Waals surface area contributed by atoms with Crippen LogP contribution in [0.15, 0.2) is 36.6 Å². The van der Waals surface area contributed by atoms with Crippen molar-refractivity contribution in [2.75, 3.05) is 11.1 Å². The van der Waals surface area contributed by atoms with Gasteiger partial charge in [0.15, 0.2) is 0 Å². The van der Waals surface area contributed by atoms with Crippen LogP contribution in [0.25, 0.3) is 0 Å². The van der Waals surface area contributed by atoms with Gasteiger partial charge in [0.25, 0.3) is 0 Å². The van der Waals surface area contributed by atoms with Crippen LogP contribution in [0.5, 0.6) is 0 Å². The second kappa shape index (κ2) is 4.91. The van der Waals surface area contributed by atoms with Gasteiger partial charge in [0.1, 0.15) is 5.54 Å². The highest BCUT2D eigenvalue weighted by Gasteiger charge is 2.29. The molecule has 0 heterocycles. The number of hydrogen-bond acceptors (Lipinski definition) is 4. The van der Waals surface area contributed by atoms with Crippen LogP contribution in [0, 0.1) is 0 Å². The quantitative estimate of drug-likeness (QED) is 0.477. The van der Waals surface area contributed by atoms with Crippen molar-refractivity contribution < 1.29 is 9.53 Å². The lowest BCUT2D eigenvalue weighted by Gasteiger charge is -2.25. The van der Waals surface area contributed by atoms with E-state index in [0.29, 0.717) is 17.1 Å². The van der Waals surface area contributed by atoms with Gasteiger partial charge in [0, 0.05) is 0 Å². The molecule has 0 aliphatic heterocycles. The van der Waals surface area contributed by atoms with E-state index in [-0.39, 0.29) is 0 Å². The van der Waals surface area contributed by atoms with Gasteiger partial charge in [-0.3, -0.25) is 0 Å². The van der Waals surface area contributed by atoms with Crippen LogP contribution >= 0.6 is 0 Å². The standard InChI is InChI=1S/C13H18N2O2/c1-9(2)17-12(16)13(3,4)15-11-8-6-5-7-10(11)14/h5-8,15H,1,14H2,2-4H3. The summed E-state index contributed by atoms with van der Waals surface area (Å²) in [7, 11) is 0. The lowest BCUT2D eigenvalue weighted by molar-refractivity contribution is -0.143. The number of para-hydroxylation sites is 2. The number of rotatable bonds is 4. The molecule has 0 radical (unpaired) electrons. The molecule has 0 aromatic heterocycles. The Labute approximate surface area is 101 Å². The molecule has 92 valence electrons. The first kappa shape index (κ1) is 13.1. The molecule has 1 aromatic carbocycles. The molecule has 0 aliphatic rings. The molecule has 0 saturated heterocycles. The van der Waals surface area contributed by atoms with Crippen LogP contribution in [-0.4, -0.2) is 11.5 Å². The Morgan fingerprint density at radius 2 is 2.00 bits per heavy atom. The van der Waals surface area contributed by atoms with E-state index in [2.05, 4.69) is 11.9 Å². The van der Waals surface area contributed by atoms with Gasteiger partial charge in [0.2, 0.25) is 0 Å². The molecule has 0 fully saturated rings. The van der Waals surface area contributed by atoms with Gasteiger partial charge in [-0.1, -0.05) is 18.7 Å². The minimum Gasteiger partial charge on any atom is -0.430 e. The Balaban J connectivity index is 2.82. The SMILES string of the molecule is C=C(C)OC(=O)C(C)(C)Nc1ccccc1N. The monoisotopic (exact) mass is 234 g/mol. The van der Waals surface area contributed by atoms with Gasteiger partial charge in [-0.25, -0.2) is 4.79 Å². The van der Waals surface area contributed by atoms with E-state index in [0.717, 1.165) is 0 Å². The van der Waals surface area contributed by atoms with Gasteiger partial charge >= 0.3 is 5.97 Å². The number of hydrogen-bond donors (Lipinski definition) is 2. The van der Waals surface area contributed by atoms with Crippen LogP contribution in [0.2, 0.25) is 0 Å². The Bertz CT molecular complexity index is 439. The molecule has 17 heavy (non-hydrogen) atoms. The molecule has 0 atom stereocenters. The summed E-state index contributed by atoms with van der Waals surface area (Å²) in [6, 6.07) is 7.26. The lowest BCUT2D eigenvalue weighted by Crippen LogP contribution is -2.41. The van der Waals surface area contributed by atoms with Crippen molar-refractivity contribution in [1.29, 1.82) is 0 Å². The summed E-state index contributed by atoms with van der Waals surface area (Å²) in [4.78, 5) is 11.8. The molecular formula is C13H18N2O2. The van der Waals surface area contributed by atoms with Crippen LogP contribution in [0.1, 0.15) is 20.8 Å². The van der Waals surface area contributed by atoms with Crippen molar-refractivity contribution in [3.8, 4) is 0 Å². The second-order valence-electron chi connectivity index (χ2n) is 4.43. The lowest BCUT2D eigenvalue weighted by atomic mass is 10.1. The summed E-state index contributed by atoms with van der Waals surface area (Å²) in [6.07, 6.45) is 0. The zero-order valence-corrected chi connectivity index (χ0v) is 10.4. The number of nitrogen functional groups attached to an aromatic ring is 1. The highest BCUT2D eigenvalue weighted by atomic mass is 16.5. The first-order chi connectivity index (χ1) is 7.83. The molecule has 0 amide bonds. The summed E-state index contributed by atoms with van der Waals surface area (Å²) in [5, 5.41) is 3.05. The fraction of sp³-hybridized carbons (Fsp3) is 0.308. The number of esters is 1. The third-order valence-electron chi connectivity index (χ3n) is 2.19. The van der Waals surface area contributed by atoms with Gasteiger partial charge in [-0.15, -0.1) is 0 Å². The largest absolute Gasteiger partial charge is 0.430 e. The maximum Gasteiger partial charge on any atom is 0.336 e. The first-order valence-electron chi connectivity index (χ1n) is 5.33. The zero-order valence-electron chi connectivity index (χ0n) is 10.4. The van der Waals surface area contributed by atoms with E-state index in [9.17, 15) is 4.79 Å². The van der Waals surface area contributed by atoms with Gasteiger partial charge in [0.05, 0.1) is 17.1 Å². The molecule has 0 aliphatic carbocycles. The van der Waals surface area contributed by atoms with E-state index >= 15 is 0 Å². The number of carbonyl (C=O) groups excluding carboxylic acids is 1. The maximum atomic E-state index is 11.8. The zero-order chi connectivity index (χ0) is 13.1. The van der Waals surface area contributed by atoms with Crippen LogP contribution in [0.4, 0.5) is 11.4 Å². The van der Waals surface area contributed by atoms with E-state index in [4.69, 9.17) is 10.5 Å². The predicted molar refractivity (Wildman–Crippen MR) is 69.5 cm³/mol. The molecule has 0 bridgehead atoms. The third-order valence-corrected chi connectivity index (χ3v) is 2.19. The van der Waals surface area contributed by atoms with E-state index in [1.807, 2.05) is 18.2 Å². The van der Waals surface area contributed by atoms with Crippen molar-refractivity contribution in [1.82, 2.24) is 0 Å². The molecule has 3 N–H and O–H groups in total. The van der Waals surface area contributed by atoms with E-state index in [1.165, 1.54) is 0 Å². The normalized spacial score (nSPS) is 10.8. The predicted octanol–water partition coefficient (Wildman–Crippen LogP) is 2.54. The number of nitrogens with two attached hydrogens (primary N) is 1. The summed E-state index contributed by atoms with van der Waals surface area (Å²) in [6.45, 7) is 8.62. The average Bonchev–Trinajstić information content (AvgIpc) is 2.20. The van der Waals surface area contributed by atoms with Crippen LogP contribution in [0.3, 0.4) is 0 Å². The average molecular weight is 234 g/mol. The smallest absolute Gasteiger partial charge is 0.336 e. The highest BCUT2D eigenvalue weighted by molar-refractivity contribution is 5.85. The van der Waals surface area contributed by atoms with Gasteiger partial charge < -0.3 is 15.8 Å². The molecule has 0 unspecified atom stereocenters. The van der Waals surface area contributed by atoms with Crippen LogP contribution in [-0.2, 0) is 9.53 Å².